The number of rotatable bonds is 16. The molecule has 0 radical (unpaired) electrons. The van der Waals surface area contributed by atoms with Crippen molar-refractivity contribution in [1.82, 2.24) is 21.3 Å². The molecular formula is C28H54N4O7. The van der Waals surface area contributed by atoms with Gasteiger partial charge in [0.05, 0.1) is 24.7 Å². The predicted molar refractivity (Wildman–Crippen MR) is 151 cm³/mol. The van der Waals surface area contributed by atoms with Gasteiger partial charge in [0.1, 0.15) is 17.7 Å². The van der Waals surface area contributed by atoms with Gasteiger partial charge in [0, 0.05) is 6.54 Å². The molecule has 0 aromatic heterocycles. The number of amides is 4. The van der Waals surface area contributed by atoms with E-state index >= 15 is 0 Å². The molecule has 0 saturated carbocycles. The Hall–Kier alpha value is -2.40. The molecule has 0 rings (SSSR count). The number of ether oxygens (including phenoxy) is 1. The van der Waals surface area contributed by atoms with Gasteiger partial charge in [-0.2, -0.15) is 0 Å². The third-order valence-corrected chi connectivity index (χ3v) is 6.47. The monoisotopic (exact) mass is 558 g/mol. The largest absolute Gasteiger partial charge is 0.444 e. The maximum atomic E-state index is 13.5. The number of alkyl carbamates (subject to hydrolysis) is 1. The van der Waals surface area contributed by atoms with Crippen molar-refractivity contribution in [2.45, 2.75) is 131 Å². The Morgan fingerprint density at radius 3 is 1.72 bits per heavy atom. The van der Waals surface area contributed by atoms with Crippen LogP contribution in [0.1, 0.15) is 94.9 Å². The second kappa shape index (κ2) is 17.3. The summed E-state index contributed by atoms with van der Waals surface area (Å²) < 4.78 is 5.33. The van der Waals surface area contributed by atoms with E-state index in [0.717, 1.165) is 0 Å². The third-order valence-electron chi connectivity index (χ3n) is 6.47. The van der Waals surface area contributed by atoms with Gasteiger partial charge in [-0.25, -0.2) is 4.79 Å². The summed E-state index contributed by atoms with van der Waals surface area (Å²) in [5.74, 6) is -1.80. The SMILES string of the molecule is CC[C@@H](C)[C@H](NC(=O)OC(C)(C)C)C(=O)N[C@H](C(=O)N[C@@H](CC(C)C)C(O)CC(=O)NC[C@@H](C)O)[C@H](C)CC. The van der Waals surface area contributed by atoms with E-state index in [4.69, 9.17) is 4.74 Å². The molecule has 0 saturated heterocycles. The van der Waals surface area contributed by atoms with Crippen LogP contribution < -0.4 is 21.3 Å². The van der Waals surface area contributed by atoms with Gasteiger partial charge in [-0.15, -0.1) is 0 Å². The summed E-state index contributed by atoms with van der Waals surface area (Å²) in [6.07, 6.45) is -1.25. The van der Waals surface area contributed by atoms with Crippen LogP contribution in [0.3, 0.4) is 0 Å². The number of nitrogens with one attached hydrogen (secondary N) is 4. The first-order valence-corrected chi connectivity index (χ1v) is 14.1. The van der Waals surface area contributed by atoms with E-state index in [1.165, 1.54) is 6.92 Å². The number of carbonyl (C=O) groups excluding carboxylic acids is 4. The van der Waals surface area contributed by atoms with Crippen molar-refractivity contribution >= 4 is 23.8 Å². The van der Waals surface area contributed by atoms with Crippen LogP contribution in [0.2, 0.25) is 0 Å². The molecule has 11 nitrogen and oxygen atoms in total. The van der Waals surface area contributed by atoms with Crippen LogP contribution in [0.15, 0.2) is 0 Å². The van der Waals surface area contributed by atoms with E-state index in [1.807, 2.05) is 41.5 Å². The summed E-state index contributed by atoms with van der Waals surface area (Å²) in [5.41, 5.74) is -0.737. The standard InChI is InChI=1S/C28H54N4O7/c1-11-17(5)23(31-26(37)24(18(6)12-2)32-27(38)39-28(8,9)10)25(36)30-20(13-16(3)4)21(34)14-22(35)29-15-19(7)33/h16-21,23-24,33-34H,11-15H2,1-10H3,(H,29,35)(H,30,36)(H,31,37)(H,32,38)/t17-,18-,19-,20+,21?,23+,24+/m1/s1. The first-order chi connectivity index (χ1) is 17.9. The molecule has 0 aromatic carbocycles. The first-order valence-electron chi connectivity index (χ1n) is 14.1. The van der Waals surface area contributed by atoms with Crippen molar-refractivity contribution in [1.29, 1.82) is 0 Å². The molecule has 0 spiro atoms. The van der Waals surface area contributed by atoms with E-state index in [1.54, 1.807) is 20.8 Å². The minimum absolute atomic E-state index is 0.0591. The quantitative estimate of drug-likeness (QED) is 0.169. The Morgan fingerprint density at radius 1 is 0.795 bits per heavy atom. The summed E-state index contributed by atoms with van der Waals surface area (Å²) >= 11 is 0. The molecule has 0 heterocycles. The molecule has 0 fully saturated rings. The van der Waals surface area contributed by atoms with Crippen LogP contribution in [-0.4, -0.2) is 76.5 Å². The van der Waals surface area contributed by atoms with Crippen molar-refractivity contribution in [2.24, 2.45) is 17.8 Å². The van der Waals surface area contributed by atoms with Crippen molar-refractivity contribution in [3.8, 4) is 0 Å². The minimum atomic E-state index is -1.17. The lowest BCUT2D eigenvalue weighted by molar-refractivity contribution is -0.133. The third kappa shape index (κ3) is 15.1. The summed E-state index contributed by atoms with van der Waals surface area (Å²) in [4.78, 5) is 51.5. The van der Waals surface area contributed by atoms with Crippen LogP contribution >= 0.6 is 0 Å². The molecular weight excluding hydrogens is 504 g/mol. The van der Waals surface area contributed by atoms with Crippen molar-refractivity contribution in [2.75, 3.05) is 6.54 Å². The zero-order valence-electron chi connectivity index (χ0n) is 25.6. The number of aliphatic hydroxyl groups is 2. The van der Waals surface area contributed by atoms with Crippen molar-refractivity contribution in [3.05, 3.63) is 0 Å². The topological polar surface area (TPSA) is 166 Å². The Kier molecular flexibility index (Phi) is 16.3. The van der Waals surface area contributed by atoms with Crippen molar-refractivity contribution in [3.63, 3.8) is 0 Å². The van der Waals surface area contributed by atoms with Crippen LogP contribution in [0.4, 0.5) is 4.79 Å². The lowest BCUT2D eigenvalue weighted by atomic mass is 9.93. The molecule has 228 valence electrons. The fraction of sp³-hybridized carbons (Fsp3) is 0.857. The van der Waals surface area contributed by atoms with Crippen LogP contribution in [0, 0.1) is 17.8 Å². The van der Waals surface area contributed by atoms with Gasteiger partial charge in [0.15, 0.2) is 0 Å². The molecule has 0 aromatic rings. The van der Waals surface area contributed by atoms with Gasteiger partial charge in [-0.3, -0.25) is 14.4 Å². The smallest absolute Gasteiger partial charge is 0.408 e. The second-order valence-corrected chi connectivity index (χ2v) is 12.1. The molecule has 0 bridgehead atoms. The maximum Gasteiger partial charge on any atom is 0.408 e. The molecule has 39 heavy (non-hydrogen) atoms. The zero-order chi connectivity index (χ0) is 30.5. The molecule has 0 aliphatic heterocycles. The highest BCUT2D eigenvalue weighted by atomic mass is 16.6. The number of aliphatic hydroxyl groups excluding tert-OH is 2. The Labute approximate surface area is 234 Å². The Bertz CT molecular complexity index is 782. The number of hydrogen-bond donors (Lipinski definition) is 6. The number of hydrogen-bond acceptors (Lipinski definition) is 7. The van der Waals surface area contributed by atoms with E-state index in [2.05, 4.69) is 21.3 Å². The van der Waals surface area contributed by atoms with Crippen molar-refractivity contribution < 1.29 is 34.1 Å². The van der Waals surface area contributed by atoms with E-state index in [0.29, 0.717) is 19.3 Å². The lowest BCUT2D eigenvalue weighted by Gasteiger charge is -2.32. The molecule has 4 amide bonds. The summed E-state index contributed by atoms with van der Waals surface area (Å²) in [5, 5.41) is 31.0. The van der Waals surface area contributed by atoms with Crippen LogP contribution in [0.5, 0.6) is 0 Å². The van der Waals surface area contributed by atoms with Gasteiger partial charge in [0.2, 0.25) is 17.7 Å². The molecule has 0 aliphatic rings. The highest BCUT2D eigenvalue weighted by Crippen LogP contribution is 2.16. The fourth-order valence-corrected chi connectivity index (χ4v) is 3.84. The number of carbonyl (C=O) groups is 4. The van der Waals surface area contributed by atoms with Gasteiger partial charge in [0.25, 0.3) is 0 Å². The van der Waals surface area contributed by atoms with E-state index < -0.39 is 59.7 Å². The van der Waals surface area contributed by atoms with Gasteiger partial charge < -0.3 is 36.2 Å². The zero-order valence-corrected chi connectivity index (χ0v) is 25.6. The van der Waals surface area contributed by atoms with E-state index in [9.17, 15) is 29.4 Å². The average molecular weight is 559 g/mol. The van der Waals surface area contributed by atoms with Gasteiger partial charge in [-0.05, 0) is 51.9 Å². The van der Waals surface area contributed by atoms with Crippen LogP contribution in [0.25, 0.3) is 0 Å². The Balaban J connectivity index is 5.73. The van der Waals surface area contributed by atoms with Gasteiger partial charge >= 0.3 is 6.09 Å². The summed E-state index contributed by atoms with van der Waals surface area (Å²) in [7, 11) is 0. The molecule has 11 heteroatoms. The first kappa shape index (κ1) is 36.6. The molecule has 0 aliphatic carbocycles. The van der Waals surface area contributed by atoms with E-state index in [-0.39, 0.29) is 30.7 Å². The average Bonchev–Trinajstić information content (AvgIpc) is 2.81. The predicted octanol–water partition coefficient (Wildman–Crippen LogP) is 2.24. The molecule has 6 N–H and O–H groups in total. The lowest BCUT2D eigenvalue weighted by Crippen LogP contribution is -2.59. The summed E-state index contributed by atoms with van der Waals surface area (Å²) in [6.45, 7) is 18.1. The Morgan fingerprint density at radius 2 is 1.28 bits per heavy atom. The fourth-order valence-electron chi connectivity index (χ4n) is 3.84. The van der Waals surface area contributed by atoms with Gasteiger partial charge in [-0.1, -0.05) is 54.4 Å². The second-order valence-electron chi connectivity index (χ2n) is 12.1. The maximum absolute atomic E-state index is 13.5. The molecule has 1 unspecified atom stereocenters. The minimum Gasteiger partial charge on any atom is -0.444 e. The highest BCUT2D eigenvalue weighted by molar-refractivity contribution is 5.91. The summed E-state index contributed by atoms with van der Waals surface area (Å²) in [6, 6.07) is -2.58. The van der Waals surface area contributed by atoms with Crippen LogP contribution in [-0.2, 0) is 19.1 Å². The molecule has 7 atom stereocenters. The highest BCUT2D eigenvalue weighted by Gasteiger charge is 2.35. The normalized spacial score (nSPS) is 17.2.